The second kappa shape index (κ2) is 4.86. The first-order chi connectivity index (χ1) is 8.84. The molecule has 1 unspecified atom stereocenters. The summed E-state index contributed by atoms with van der Waals surface area (Å²) in [4.78, 5) is 18.1. The monoisotopic (exact) mass is 260 g/mol. The molecule has 0 aliphatic carbocycles. The van der Waals surface area contributed by atoms with Gasteiger partial charge in [-0.3, -0.25) is 9.78 Å². The minimum atomic E-state index is -0.0104. The standard InChI is InChI=1S/C13H12N2O2S/c16-12-9-18-13(11-5-1-2-6-14-11)15(12)8-10-4-3-7-17-10/h1-7,13H,8-9H2. The normalized spacial score (nSPS) is 19.4. The molecule has 18 heavy (non-hydrogen) atoms. The van der Waals surface area contributed by atoms with Crippen LogP contribution >= 0.6 is 11.8 Å². The van der Waals surface area contributed by atoms with Crippen LogP contribution in [0.1, 0.15) is 16.8 Å². The Morgan fingerprint density at radius 1 is 1.39 bits per heavy atom. The van der Waals surface area contributed by atoms with Crippen molar-refractivity contribution in [2.45, 2.75) is 11.9 Å². The van der Waals surface area contributed by atoms with Gasteiger partial charge in [-0.25, -0.2) is 0 Å². The molecule has 0 bridgehead atoms. The first kappa shape index (κ1) is 11.3. The van der Waals surface area contributed by atoms with Gasteiger partial charge >= 0.3 is 0 Å². The number of rotatable bonds is 3. The van der Waals surface area contributed by atoms with E-state index in [1.807, 2.05) is 35.2 Å². The lowest BCUT2D eigenvalue weighted by Gasteiger charge is -2.22. The number of thioether (sulfide) groups is 1. The molecule has 1 atom stereocenters. The lowest BCUT2D eigenvalue weighted by Crippen LogP contribution is -2.27. The highest BCUT2D eigenvalue weighted by atomic mass is 32.2. The van der Waals surface area contributed by atoms with Gasteiger partial charge in [-0.1, -0.05) is 6.07 Å². The van der Waals surface area contributed by atoms with E-state index in [1.165, 1.54) is 0 Å². The summed E-state index contributed by atoms with van der Waals surface area (Å²) in [7, 11) is 0. The lowest BCUT2D eigenvalue weighted by atomic mass is 10.3. The van der Waals surface area contributed by atoms with Crippen LogP contribution in [-0.4, -0.2) is 21.5 Å². The molecule has 1 aliphatic heterocycles. The van der Waals surface area contributed by atoms with Crippen LogP contribution in [0.15, 0.2) is 47.2 Å². The molecule has 1 fully saturated rings. The van der Waals surface area contributed by atoms with E-state index in [4.69, 9.17) is 4.42 Å². The molecule has 3 heterocycles. The van der Waals surface area contributed by atoms with Gasteiger partial charge in [0.05, 0.1) is 24.3 Å². The van der Waals surface area contributed by atoms with E-state index < -0.39 is 0 Å². The van der Waals surface area contributed by atoms with Crippen LogP contribution in [0.4, 0.5) is 0 Å². The molecular formula is C13H12N2O2S. The zero-order valence-electron chi connectivity index (χ0n) is 9.65. The largest absolute Gasteiger partial charge is 0.467 e. The quantitative estimate of drug-likeness (QED) is 0.850. The first-order valence-corrected chi connectivity index (χ1v) is 6.74. The first-order valence-electron chi connectivity index (χ1n) is 5.69. The number of hydrogen-bond donors (Lipinski definition) is 0. The van der Waals surface area contributed by atoms with E-state index in [1.54, 1.807) is 24.2 Å². The van der Waals surface area contributed by atoms with Crippen LogP contribution in [-0.2, 0) is 11.3 Å². The van der Waals surface area contributed by atoms with E-state index in [2.05, 4.69) is 4.98 Å². The fraction of sp³-hybridized carbons (Fsp3) is 0.231. The zero-order chi connectivity index (χ0) is 12.4. The molecule has 1 saturated heterocycles. The Morgan fingerprint density at radius 3 is 3.06 bits per heavy atom. The van der Waals surface area contributed by atoms with E-state index in [9.17, 15) is 4.79 Å². The molecule has 0 N–H and O–H groups in total. The Labute approximate surface area is 109 Å². The summed E-state index contributed by atoms with van der Waals surface area (Å²) in [5, 5.41) is -0.0104. The van der Waals surface area contributed by atoms with Gasteiger partial charge in [0.15, 0.2) is 0 Å². The van der Waals surface area contributed by atoms with Gasteiger partial charge in [0.2, 0.25) is 5.91 Å². The van der Waals surface area contributed by atoms with E-state index in [-0.39, 0.29) is 11.3 Å². The van der Waals surface area contributed by atoms with Crippen molar-refractivity contribution in [2.24, 2.45) is 0 Å². The summed E-state index contributed by atoms with van der Waals surface area (Å²) in [6.45, 7) is 0.500. The fourth-order valence-corrected chi connectivity index (χ4v) is 3.11. The van der Waals surface area contributed by atoms with Gasteiger partial charge in [0, 0.05) is 6.20 Å². The second-order valence-electron chi connectivity index (χ2n) is 4.02. The number of amides is 1. The topological polar surface area (TPSA) is 46.3 Å². The number of aromatic nitrogens is 1. The Morgan fingerprint density at radius 2 is 2.33 bits per heavy atom. The maximum atomic E-state index is 11.9. The Kier molecular flexibility index (Phi) is 3.06. The predicted molar refractivity (Wildman–Crippen MR) is 68.7 cm³/mol. The van der Waals surface area contributed by atoms with Gasteiger partial charge in [0.25, 0.3) is 0 Å². The van der Waals surface area contributed by atoms with Crippen molar-refractivity contribution in [1.29, 1.82) is 0 Å². The summed E-state index contributed by atoms with van der Waals surface area (Å²) in [5.74, 6) is 1.43. The van der Waals surface area contributed by atoms with E-state index in [0.717, 1.165) is 11.5 Å². The number of carbonyl (C=O) groups excluding carboxylic acids is 1. The van der Waals surface area contributed by atoms with Crippen molar-refractivity contribution in [3.8, 4) is 0 Å². The van der Waals surface area contributed by atoms with Crippen molar-refractivity contribution >= 4 is 17.7 Å². The van der Waals surface area contributed by atoms with Crippen LogP contribution in [0.5, 0.6) is 0 Å². The van der Waals surface area contributed by atoms with Crippen molar-refractivity contribution in [3.05, 3.63) is 54.2 Å². The highest BCUT2D eigenvalue weighted by Crippen LogP contribution is 2.38. The number of carbonyl (C=O) groups is 1. The van der Waals surface area contributed by atoms with Crippen molar-refractivity contribution < 1.29 is 9.21 Å². The van der Waals surface area contributed by atoms with Crippen LogP contribution in [0.3, 0.4) is 0 Å². The van der Waals surface area contributed by atoms with Gasteiger partial charge in [-0.15, -0.1) is 11.8 Å². The third-order valence-electron chi connectivity index (χ3n) is 2.82. The van der Waals surface area contributed by atoms with E-state index in [0.29, 0.717) is 12.3 Å². The fourth-order valence-electron chi connectivity index (χ4n) is 1.96. The lowest BCUT2D eigenvalue weighted by molar-refractivity contribution is -0.128. The third-order valence-corrected chi connectivity index (χ3v) is 4.04. The minimum absolute atomic E-state index is 0.0104. The molecule has 0 radical (unpaired) electrons. The average molecular weight is 260 g/mol. The van der Waals surface area contributed by atoms with Crippen LogP contribution in [0, 0.1) is 0 Å². The Hall–Kier alpha value is -1.75. The molecule has 1 aliphatic rings. The SMILES string of the molecule is O=C1CSC(c2ccccn2)N1Cc1ccco1. The average Bonchev–Trinajstić information content (AvgIpc) is 3.03. The van der Waals surface area contributed by atoms with Gasteiger partial charge in [0.1, 0.15) is 11.1 Å². The van der Waals surface area contributed by atoms with Gasteiger partial charge in [-0.2, -0.15) is 0 Å². The smallest absolute Gasteiger partial charge is 0.234 e. The molecule has 0 saturated carbocycles. The highest BCUT2D eigenvalue weighted by Gasteiger charge is 2.33. The number of furan rings is 1. The van der Waals surface area contributed by atoms with Gasteiger partial charge in [-0.05, 0) is 24.3 Å². The van der Waals surface area contributed by atoms with Crippen molar-refractivity contribution in [1.82, 2.24) is 9.88 Å². The molecule has 0 spiro atoms. The summed E-state index contributed by atoms with van der Waals surface area (Å²) in [6.07, 6.45) is 3.38. The van der Waals surface area contributed by atoms with Crippen molar-refractivity contribution in [3.63, 3.8) is 0 Å². The zero-order valence-corrected chi connectivity index (χ0v) is 10.5. The number of nitrogens with zero attached hydrogens (tertiary/aromatic N) is 2. The molecule has 92 valence electrons. The van der Waals surface area contributed by atoms with E-state index >= 15 is 0 Å². The molecule has 2 aromatic heterocycles. The van der Waals surface area contributed by atoms with Crippen LogP contribution in [0.2, 0.25) is 0 Å². The number of hydrogen-bond acceptors (Lipinski definition) is 4. The van der Waals surface area contributed by atoms with Crippen LogP contribution < -0.4 is 0 Å². The van der Waals surface area contributed by atoms with Crippen LogP contribution in [0.25, 0.3) is 0 Å². The van der Waals surface area contributed by atoms with Crippen molar-refractivity contribution in [2.75, 3.05) is 5.75 Å². The number of pyridine rings is 1. The summed E-state index contributed by atoms with van der Waals surface area (Å²) in [6, 6.07) is 9.48. The molecule has 1 amide bonds. The molecular weight excluding hydrogens is 248 g/mol. The predicted octanol–water partition coefficient (Wildman–Crippen LogP) is 2.45. The Bertz CT molecular complexity index is 527. The third kappa shape index (κ3) is 2.13. The molecule has 5 heteroatoms. The molecule has 0 aromatic carbocycles. The summed E-state index contributed by atoms with van der Waals surface area (Å²) < 4.78 is 5.30. The molecule has 4 nitrogen and oxygen atoms in total. The summed E-state index contributed by atoms with van der Waals surface area (Å²) in [5.41, 5.74) is 0.917. The Balaban J connectivity index is 1.84. The summed E-state index contributed by atoms with van der Waals surface area (Å²) >= 11 is 1.61. The second-order valence-corrected chi connectivity index (χ2v) is 5.09. The maximum absolute atomic E-state index is 11.9. The molecule has 3 rings (SSSR count). The molecule has 2 aromatic rings. The highest BCUT2D eigenvalue weighted by molar-refractivity contribution is 8.00. The minimum Gasteiger partial charge on any atom is -0.467 e. The maximum Gasteiger partial charge on any atom is 0.234 e. The van der Waals surface area contributed by atoms with Gasteiger partial charge < -0.3 is 9.32 Å².